The van der Waals surface area contributed by atoms with Crippen LogP contribution in [0.25, 0.3) is 0 Å². The van der Waals surface area contributed by atoms with E-state index in [-0.39, 0.29) is 10.5 Å². The zero-order valence-electron chi connectivity index (χ0n) is 9.31. The van der Waals surface area contributed by atoms with Crippen LogP contribution in [0, 0.1) is 11.6 Å². The highest BCUT2D eigenvalue weighted by molar-refractivity contribution is 9.11. The van der Waals surface area contributed by atoms with Gasteiger partial charge >= 0.3 is 0 Å². The summed E-state index contributed by atoms with van der Waals surface area (Å²) >= 11 is 7.82. The molecule has 0 saturated carbocycles. The van der Waals surface area contributed by atoms with Crippen LogP contribution in [0.1, 0.15) is 16.5 Å². The van der Waals surface area contributed by atoms with E-state index in [4.69, 9.17) is 0 Å². The molecule has 0 amide bonds. The summed E-state index contributed by atoms with van der Waals surface area (Å²) in [6.45, 7) is 0. The van der Waals surface area contributed by atoms with Crippen LogP contribution in [0.2, 0.25) is 0 Å². The van der Waals surface area contributed by atoms with Crippen molar-refractivity contribution in [3.05, 3.63) is 54.6 Å². The highest BCUT2D eigenvalue weighted by Gasteiger charge is 2.20. The van der Waals surface area contributed by atoms with Crippen LogP contribution >= 0.6 is 43.2 Å². The summed E-state index contributed by atoms with van der Waals surface area (Å²) in [5.41, 5.74) is 0.299. The number of halogens is 4. The Morgan fingerprint density at radius 1 is 1.17 bits per heavy atom. The van der Waals surface area contributed by atoms with Crippen molar-refractivity contribution in [2.45, 2.75) is 6.04 Å². The van der Waals surface area contributed by atoms with Crippen molar-refractivity contribution in [3.63, 3.8) is 0 Å². The predicted molar refractivity (Wildman–Crippen MR) is 77.0 cm³/mol. The summed E-state index contributed by atoms with van der Waals surface area (Å²) in [7, 11) is 1.72. The third-order valence-electron chi connectivity index (χ3n) is 2.52. The van der Waals surface area contributed by atoms with E-state index in [0.717, 1.165) is 14.7 Å². The molecule has 0 spiro atoms. The van der Waals surface area contributed by atoms with Crippen LogP contribution in [0.3, 0.4) is 0 Å². The molecule has 1 atom stereocenters. The summed E-state index contributed by atoms with van der Waals surface area (Å²) in [5.74, 6) is -0.908. The maximum absolute atomic E-state index is 13.9. The first-order chi connectivity index (χ1) is 8.52. The molecule has 0 bridgehead atoms. The molecule has 1 nitrogen and oxygen atoms in total. The minimum Gasteiger partial charge on any atom is -0.309 e. The van der Waals surface area contributed by atoms with Crippen molar-refractivity contribution in [2.75, 3.05) is 7.05 Å². The lowest BCUT2D eigenvalue weighted by molar-refractivity contribution is 0.557. The summed E-state index contributed by atoms with van der Waals surface area (Å²) < 4.78 is 28.5. The molecule has 0 saturated heterocycles. The average Bonchev–Trinajstić information content (AvgIpc) is 2.73. The van der Waals surface area contributed by atoms with Gasteiger partial charge in [-0.05, 0) is 63.2 Å². The highest BCUT2D eigenvalue weighted by atomic mass is 79.9. The monoisotopic (exact) mass is 395 g/mol. The first-order valence-corrected chi connectivity index (χ1v) is 7.50. The van der Waals surface area contributed by atoms with Crippen LogP contribution in [-0.4, -0.2) is 7.05 Å². The first-order valence-electron chi connectivity index (χ1n) is 5.10. The molecule has 1 heterocycles. The molecule has 1 aromatic heterocycles. The van der Waals surface area contributed by atoms with Crippen molar-refractivity contribution >= 4 is 43.2 Å². The van der Waals surface area contributed by atoms with Gasteiger partial charge in [-0.1, -0.05) is 0 Å². The number of rotatable bonds is 3. The number of hydrogen-bond acceptors (Lipinski definition) is 2. The first kappa shape index (κ1) is 14.1. The number of thiophene rings is 1. The molecule has 0 fully saturated rings. The summed E-state index contributed by atoms with van der Waals surface area (Å²) in [6, 6.07) is 5.78. The maximum Gasteiger partial charge on any atom is 0.137 e. The molecule has 0 aliphatic rings. The van der Waals surface area contributed by atoms with Crippen LogP contribution in [0.5, 0.6) is 0 Å². The quantitative estimate of drug-likeness (QED) is 0.730. The molecule has 1 N–H and O–H groups in total. The summed E-state index contributed by atoms with van der Waals surface area (Å²) in [6.07, 6.45) is 0. The Balaban J connectivity index is 2.48. The Morgan fingerprint density at radius 2 is 1.89 bits per heavy atom. The fraction of sp³-hybridized carbons (Fsp3) is 0.167. The Hall–Kier alpha value is -0.300. The van der Waals surface area contributed by atoms with Gasteiger partial charge in [0, 0.05) is 10.4 Å². The Kier molecular flexibility index (Phi) is 4.53. The Labute approximate surface area is 124 Å². The van der Waals surface area contributed by atoms with Crippen molar-refractivity contribution in [1.29, 1.82) is 0 Å². The predicted octanol–water partition coefficient (Wildman–Crippen LogP) is 4.86. The van der Waals surface area contributed by atoms with E-state index >= 15 is 0 Å². The Morgan fingerprint density at radius 3 is 2.44 bits per heavy atom. The molecular formula is C12H9Br2F2NS. The number of benzene rings is 1. The van der Waals surface area contributed by atoms with Crippen molar-refractivity contribution in [1.82, 2.24) is 5.32 Å². The van der Waals surface area contributed by atoms with Gasteiger partial charge in [-0.2, -0.15) is 0 Å². The fourth-order valence-corrected chi connectivity index (χ4v) is 3.56. The lowest BCUT2D eigenvalue weighted by atomic mass is 10.0. The fourth-order valence-electron chi connectivity index (χ4n) is 1.69. The lowest BCUT2D eigenvalue weighted by Crippen LogP contribution is -2.18. The molecule has 0 radical (unpaired) electrons. The third-order valence-corrected chi connectivity index (χ3v) is 4.81. The standard InChI is InChI=1S/C12H9Br2F2NS/c1-17-12(10-2-3-11(14)18-10)6-4-9(16)7(13)5-8(6)15/h2-5,12,17H,1H3. The van der Waals surface area contributed by atoms with Gasteiger partial charge in [0.1, 0.15) is 11.6 Å². The van der Waals surface area contributed by atoms with Crippen LogP contribution in [-0.2, 0) is 0 Å². The van der Waals surface area contributed by atoms with Crippen molar-refractivity contribution in [3.8, 4) is 0 Å². The van der Waals surface area contributed by atoms with Crippen molar-refractivity contribution < 1.29 is 8.78 Å². The molecule has 6 heteroatoms. The normalized spacial score (nSPS) is 12.7. The van der Waals surface area contributed by atoms with E-state index in [1.165, 1.54) is 17.4 Å². The van der Waals surface area contributed by atoms with Crippen LogP contribution < -0.4 is 5.32 Å². The molecule has 1 aromatic carbocycles. The molecular weight excluding hydrogens is 388 g/mol. The Bertz CT molecular complexity index is 571. The molecule has 2 aromatic rings. The highest BCUT2D eigenvalue weighted by Crippen LogP contribution is 2.33. The number of nitrogens with one attached hydrogen (secondary N) is 1. The van der Waals surface area contributed by atoms with Gasteiger partial charge in [-0.15, -0.1) is 11.3 Å². The second kappa shape index (κ2) is 5.77. The zero-order chi connectivity index (χ0) is 13.3. The third kappa shape index (κ3) is 2.82. The second-order valence-electron chi connectivity index (χ2n) is 3.65. The summed E-state index contributed by atoms with van der Waals surface area (Å²) in [5, 5.41) is 3.00. The molecule has 0 aliphatic carbocycles. The molecule has 2 rings (SSSR count). The minimum absolute atomic E-state index is 0.131. The van der Waals surface area contributed by atoms with Crippen LogP contribution in [0.4, 0.5) is 8.78 Å². The van der Waals surface area contributed by atoms with E-state index in [1.807, 2.05) is 12.1 Å². The van der Waals surface area contributed by atoms with Gasteiger partial charge < -0.3 is 5.32 Å². The van der Waals surface area contributed by atoms with E-state index in [2.05, 4.69) is 37.2 Å². The maximum atomic E-state index is 13.9. The van der Waals surface area contributed by atoms with Gasteiger partial charge in [0.15, 0.2) is 0 Å². The molecule has 18 heavy (non-hydrogen) atoms. The molecule has 1 unspecified atom stereocenters. The van der Waals surface area contributed by atoms with Gasteiger partial charge in [0.05, 0.1) is 14.3 Å². The van der Waals surface area contributed by atoms with Gasteiger partial charge in [0.2, 0.25) is 0 Å². The van der Waals surface area contributed by atoms with Gasteiger partial charge in [-0.3, -0.25) is 0 Å². The summed E-state index contributed by atoms with van der Waals surface area (Å²) in [4.78, 5) is 0.921. The van der Waals surface area contributed by atoms with Crippen LogP contribution in [0.15, 0.2) is 32.5 Å². The van der Waals surface area contributed by atoms with E-state index < -0.39 is 11.6 Å². The van der Waals surface area contributed by atoms with Gasteiger partial charge in [-0.25, -0.2) is 8.78 Å². The van der Waals surface area contributed by atoms with E-state index in [0.29, 0.717) is 5.56 Å². The van der Waals surface area contributed by atoms with Gasteiger partial charge in [0.25, 0.3) is 0 Å². The lowest BCUT2D eigenvalue weighted by Gasteiger charge is -2.16. The number of hydrogen-bond donors (Lipinski definition) is 1. The average molecular weight is 397 g/mol. The van der Waals surface area contributed by atoms with Crippen molar-refractivity contribution in [2.24, 2.45) is 0 Å². The minimum atomic E-state index is -0.470. The topological polar surface area (TPSA) is 12.0 Å². The smallest absolute Gasteiger partial charge is 0.137 e. The zero-order valence-corrected chi connectivity index (χ0v) is 13.3. The molecule has 96 valence electrons. The largest absolute Gasteiger partial charge is 0.309 e. The SMILES string of the molecule is CNC(c1ccc(Br)s1)c1cc(F)c(Br)cc1F. The second-order valence-corrected chi connectivity index (χ2v) is 7.00. The molecule has 0 aliphatic heterocycles. The van der Waals surface area contributed by atoms with E-state index in [9.17, 15) is 8.78 Å². The van der Waals surface area contributed by atoms with E-state index in [1.54, 1.807) is 7.05 Å².